The fraction of sp³-hybridized carbons (Fsp3) is 0.533. The van der Waals surface area contributed by atoms with Gasteiger partial charge in [-0.15, -0.1) is 0 Å². The van der Waals surface area contributed by atoms with Gasteiger partial charge < -0.3 is 19.4 Å². The highest BCUT2D eigenvalue weighted by atomic mass is 35.5. The number of anilines is 1. The van der Waals surface area contributed by atoms with Crippen LogP contribution in [0.4, 0.5) is 10.5 Å². The largest absolute Gasteiger partial charge is 0.378 e. The highest BCUT2D eigenvalue weighted by Gasteiger charge is 2.26. The number of benzene rings is 1. The predicted molar refractivity (Wildman–Crippen MR) is 88.0 cm³/mol. The molecule has 0 radical (unpaired) electrons. The number of hydrogen-bond donors (Lipinski definition) is 0. The number of morpholine rings is 1. The van der Waals surface area contributed by atoms with E-state index in [-0.39, 0.29) is 6.03 Å². The Balaban J connectivity index is 1.57. The lowest BCUT2D eigenvalue weighted by atomic mass is 10.2. The van der Waals surface area contributed by atoms with Gasteiger partial charge in [0.1, 0.15) is 0 Å². The van der Waals surface area contributed by atoms with Gasteiger partial charge in [-0.25, -0.2) is 4.79 Å². The summed E-state index contributed by atoms with van der Waals surface area (Å²) in [6, 6.07) is 5.78. The number of piperazine rings is 1. The van der Waals surface area contributed by atoms with Crippen molar-refractivity contribution in [2.24, 2.45) is 0 Å². The summed E-state index contributed by atoms with van der Waals surface area (Å²) in [6.45, 7) is 5.68. The molecule has 2 aliphatic heterocycles. The van der Waals surface area contributed by atoms with E-state index in [0.29, 0.717) is 36.3 Å². The molecule has 2 fully saturated rings. The van der Waals surface area contributed by atoms with Crippen LogP contribution in [0.2, 0.25) is 10.0 Å². The van der Waals surface area contributed by atoms with Crippen LogP contribution >= 0.6 is 23.2 Å². The van der Waals surface area contributed by atoms with Gasteiger partial charge >= 0.3 is 6.03 Å². The first-order valence-corrected chi connectivity index (χ1v) is 8.22. The lowest BCUT2D eigenvalue weighted by molar-refractivity contribution is 0.0428. The van der Waals surface area contributed by atoms with Gasteiger partial charge in [-0.2, -0.15) is 0 Å². The molecule has 2 aliphatic rings. The topological polar surface area (TPSA) is 36.0 Å². The molecule has 2 saturated heterocycles. The third kappa shape index (κ3) is 3.42. The smallest absolute Gasteiger partial charge is 0.320 e. The van der Waals surface area contributed by atoms with E-state index in [1.54, 1.807) is 0 Å². The van der Waals surface area contributed by atoms with Crippen molar-refractivity contribution >= 4 is 34.9 Å². The molecule has 0 saturated carbocycles. The minimum absolute atomic E-state index is 0.122. The van der Waals surface area contributed by atoms with Crippen molar-refractivity contribution in [3.05, 3.63) is 28.2 Å². The number of amides is 2. The second kappa shape index (κ2) is 6.94. The summed E-state index contributed by atoms with van der Waals surface area (Å²) in [4.78, 5) is 18.5. The molecule has 7 heteroatoms. The average molecular weight is 344 g/mol. The van der Waals surface area contributed by atoms with Crippen molar-refractivity contribution in [2.45, 2.75) is 0 Å². The molecular weight excluding hydrogens is 325 g/mol. The number of carbonyl (C=O) groups is 1. The molecule has 0 aliphatic carbocycles. The first-order valence-electron chi connectivity index (χ1n) is 7.47. The zero-order valence-electron chi connectivity index (χ0n) is 12.3. The number of carbonyl (C=O) groups excluding carboxylic acids is 1. The van der Waals surface area contributed by atoms with Gasteiger partial charge in [-0.05, 0) is 18.2 Å². The molecule has 2 heterocycles. The molecule has 3 rings (SSSR count). The minimum Gasteiger partial charge on any atom is -0.378 e. The molecule has 120 valence electrons. The van der Waals surface area contributed by atoms with Gasteiger partial charge in [0.15, 0.2) is 0 Å². The van der Waals surface area contributed by atoms with Crippen LogP contribution in [0.1, 0.15) is 0 Å². The van der Waals surface area contributed by atoms with Gasteiger partial charge in [-0.3, -0.25) is 0 Å². The maximum Gasteiger partial charge on any atom is 0.320 e. The Bertz CT molecular complexity index is 542. The second-order valence-corrected chi connectivity index (χ2v) is 6.27. The Labute approximate surface area is 140 Å². The van der Waals surface area contributed by atoms with Crippen LogP contribution in [-0.4, -0.2) is 68.3 Å². The van der Waals surface area contributed by atoms with E-state index in [4.69, 9.17) is 27.9 Å². The summed E-state index contributed by atoms with van der Waals surface area (Å²) < 4.78 is 5.29. The first kappa shape index (κ1) is 15.7. The van der Waals surface area contributed by atoms with E-state index in [1.807, 2.05) is 28.0 Å². The number of ether oxygens (including phenoxy) is 1. The van der Waals surface area contributed by atoms with E-state index >= 15 is 0 Å². The predicted octanol–water partition coefficient (Wildman–Crippen LogP) is 2.57. The van der Waals surface area contributed by atoms with Gasteiger partial charge in [0, 0.05) is 45.0 Å². The molecule has 0 bridgehead atoms. The summed E-state index contributed by atoms with van der Waals surface area (Å²) in [5.74, 6) is 0. The second-order valence-electron chi connectivity index (χ2n) is 5.45. The van der Waals surface area contributed by atoms with Gasteiger partial charge in [0.05, 0.1) is 23.3 Å². The monoisotopic (exact) mass is 343 g/mol. The normalized spacial score (nSPS) is 19.5. The molecule has 0 atom stereocenters. The number of hydrogen-bond acceptors (Lipinski definition) is 3. The summed E-state index contributed by atoms with van der Waals surface area (Å²) in [6.07, 6.45) is 0. The van der Waals surface area contributed by atoms with Crippen LogP contribution in [0.25, 0.3) is 0 Å². The van der Waals surface area contributed by atoms with Crippen molar-refractivity contribution in [3.63, 3.8) is 0 Å². The zero-order chi connectivity index (χ0) is 15.5. The molecule has 5 nitrogen and oxygen atoms in total. The van der Waals surface area contributed by atoms with Gasteiger partial charge in [0.25, 0.3) is 0 Å². The summed E-state index contributed by atoms with van der Waals surface area (Å²) in [7, 11) is 0. The third-order valence-corrected chi connectivity index (χ3v) is 4.84. The standard InChI is InChI=1S/C15H19Cl2N3O2/c16-13-2-1-12(11-14(13)17)18-3-5-19(6-4-18)15(21)20-7-9-22-10-8-20/h1-2,11H,3-10H2. The third-order valence-electron chi connectivity index (χ3n) is 4.10. The number of halogens is 2. The Hall–Kier alpha value is -1.17. The van der Waals surface area contributed by atoms with Crippen molar-refractivity contribution < 1.29 is 9.53 Å². The number of nitrogens with zero attached hydrogens (tertiary/aromatic N) is 3. The molecule has 0 unspecified atom stereocenters. The van der Waals surface area contributed by atoms with E-state index in [2.05, 4.69) is 4.90 Å². The molecule has 1 aromatic carbocycles. The van der Waals surface area contributed by atoms with E-state index in [0.717, 1.165) is 31.9 Å². The molecule has 22 heavy (non-hydrogen) atoms. The number of urea groups is 1. The highest BCUT2D eigenvalue weighted by molar-refractivity contribution is 6.42. The minimum atomic E-state index is 0.122. The fourth-order valence-electron chi connectivity index (χ4n) is 2.79. The molecule has 2 amide bonds. The molecule has 0 N–H and O–H groups in total. The summed E-state index contributed by atoms with van der Waals surface area (Å²) in [5, 5.41) is 1.12. The fourth-order valence-corrected chi connectivity index (χ4v) is 3.08. The lowest BCUT2D eigenvalue weighted by Crippen LogP contribution is -2.54. The molecular formula is C15H19Cl2N3O2. The van der Waals surface area contributed by atoms with Crippen LogP contribution in [-0.2, 0) is 4.74 Å². The van der Waals surface area contributed by atoms with Gasteiger partial charge in [0.2, 0.25) is 0 Å². The Morgan fingerprint density at radius 1 is 0.909 bits per heavy atom. The molecule has 0 aromatic heterocycles. The first-order chi connectivity index (χ1) is 10.6. The van der Waals surface area contributed by atoms with Crippen LogP contribution in [0, 0.1) is 0 Å². The summed E-state index contributed by atoms with van der Waals surface area (Å²) in [5.41, 5.74) is 1.05. The lowest BCUT2D eigenvalue weighted by Gasteiger charge is -2.39. The van der Waals surface area contributed by atoms with Crippen LogP contribution in [0.5, 0.6) is 0 Å². The van der Waals surface area contributed by atoms with Crippen molar-refractivity contribution in [1.29, 1.82) is 0 Å². The zero-order valence-corrected chi connectivity index (χ0v) is 13.8. The Morgan fingerprint density at radius 2 is 1.55 bits per heavy atom. The van der Waals surface area contributed by atoms with E-state index < -0.39 is 0 Å². The molecule has 0 spiro atoms. The maximum atomic E-state index is 12.4. The SMILES string of the molecule is O=C(N1CCOCC1)N1CCN(c2ccc(Cl)c(Cl)c2)CC1. The van der Waals surface area contributed by atoms with Crippen molar-refractivity contribution in [2.75, 3.05) is 57.4 Å². The van der Waals surface area contributed by atoms with Gasteiger partial charge in [-0.1, -0.05) is 23.2 Å². The molecule has 1 aromatic rings. The van der Waals surface area contributed by atoms with E-state index in [1.165, 1.54) is 0 Å². The highest BCUT2D eigenvalue weighted by Crippen LogP contribution is 2.27. The van der Waals surface area contributed by atoms with E-state index in [9.17, 15) is 4.79 Å². The van der Waals surface area contributed by atoms with Crippen LogP contribution in [0.3, 0.4) is 0 Å². The number of rotatable bonds is 1. The average Bonchev–Trinajstić information content (AvgIpc) is 2.58. The summed E-state index contributed by atoms with van der Waals surface area (Å²) >= 11 is 12.0. The van der Waals surface area contributed by atoms with Crippen molar-refractivity contribution in [1.82, 2.24) is 9.80 Å². The Morgan fingerprint density at radius 3 is 2.18 bits per heavy atom. The quantitative estimate of drug-likeness (QED) is 0.786. The van der Waals surface area contributed by atoms with Crippen LogP contribution < -0.4 is 4.90 Å². The van der Waals surface area contributed by atoms with Crippen molar-refractivity contribution in [3.8, 4) is 0 Å². The Kier molecular flexibility index (Phi) is 4.96. The maximum absolute atomic E-state index is 12.4. The van der Waals surface area contributed by atoms with Crippen LogP contribution in [0.15, 0.2) is 18.2 Å².